The van der Waals surface area contributed by atoms with Gasteiger partial charge in [0.05, 0.1) is 13.2 Å². The minimum atomic E-state index is -3.17. The predicted molar refractivity (Wildman–Crippen MR) is 113 cm³/mol. The average molecular weight is 421 g/mol. The second kappa shape index (κ2) is 13.3. The van der Waals surface area contributed by atoms with Gasteiger partial charge in [-0.15, -0.1) is 0 Å². The Bertz CT molecular complexity index is 489. The van der Waals surface area contributed by atoms with E-state index in [0.717, 1.165) is 32.1 Å². The summed E-state index contributed by atoms with van der Waals surface area (Å²) in [6, 6.07) is -1.46. The van der Waals surface area contributed by atoms with E-state index in [9.17, 15) is 14.2 Å². The molecule has 0 bridgehead atoms. The highest BCUT2D eigenvalue weighted by Crippen LogP contribution is 2.39. The molecule has 0 unspecified atom stereocenters. The summed E-state index contributed by atoms with van der Waals surface area (Å²) in [6.07, 6.45) is 5.40. The maximum absolute atomic E-state index is 13.4. The van der Waals surface area contributed by atoms with Crippen molar-refractivity contribution in [2.75, 3.05) is 19.4 Å². The summed E-state index contributed by atoms with van der Waals surface area (Å²) < 4.78 is 23.4. The molecule has 2 atom stereocenters. The fourth-order valence-corrected chi connectivity index (χ4v) is 5.24. The third-order valence-corrected chi connectivity index (χ3v) is 6.79. The molecule has 166 valence electrons. The molecule has 0 fully saturated rings. The molecule has 0 radical (unpaired) electrons. The lowest BCUT2D eigenvalue weighted by Gasteiger charge is -2.26. The molecule has 28 heavy (non-hydrogen) atoms. The second-order valence-corrected chi connectivity index (χ2v) is 10.8. The van der Waals surface area contributed by atoms with Crippen LogP contribution in [-0.2, 0) is 23.6 Å². The Morgan fingerprint density at radius 1 is 0.857 bits per heavy atom. The fraction of sp³-hybridized carbons (Fsp3) is 0.900. The number of hydrogen-bond acceptors (Lipinski definition) is 5. The van der Waals surface area contributed by atoms with Gasteiger partial charge in [-0.2, -0.15) is 0 Å². The minimum absolute atomic E-state index is 0.260. The van der Waals surface area contributed by atoms with Crippen molar-refractivity contribution < 1.29 is 23.6 Å². The maximum Gasteiger partial charge on any atom is 0.323 e. The van der Waals surface area contributed by atoms with Crippen LogP contribution in [0.1, 0.15) is 80.6 Å². The molecular formula is C20H41N2O5P. The minimum Gasteiger partial charge on any atom is -0.465 e. The molecule has 0 aromatic carbocycles. The highest BCUT2D eigenvalue weighted by Gasteiger charge is 2.31. The Morgan fingerprint density at radius 2 is 1.29 bits per heavy atom. The molecule has 7 nitrogen and oxygen atoms in total. The summed E-state index contributed by atoms with van der Waals surface area (Å²) >= 11 is 0. The van der Waals surface area contributed by atoms with Crippen molar-refractivity contribution in [2.45, 2.75) is 92.7 Å². The van der Waals surface area contributed by atoms with Gasteiger partial charge in [-0.25, -0.2) is 10.2 Å². The number of unbranched alkanes of at least 4 members (excludes halogenated alkanes) is 3. The standard InChI is InChI=1S/C20H41N2O5P/c1-8-26-18(23)16(3)21-28(25,22-17(4)19(24)27-9-2)15-13-11-10-12-14-20(5,6)7/h16-17H,8-15H2,1-7H3,(H2,21,22,25)/t16-,17-/m0/s1. The van der Waals surface area contributed by atoms with Crippen LogP contribution in [0.4, 0.5) is 0 Å². The summed E-state index contributed by atoms with van der Waals surface area (Å²) in [5, 5.41) is 5.77. The van der Waals surface area contributed by atoms with E-state index in [2.05, 4.69) is 30.9 Å². The monoisotopic (exact) mass is 420 g/mol. The van der Waals surface area contributed by atoms with E-state index in [1.807, 2.05) is 0 Å². The lowest BCUT2D eigenvalue weighted by molar-refractivity contribution is -0.145. The molecule has 0 aromatic heterocycles. The number of hydrogen-bond donors (Lipinski definition) is 2. The molecule has 0 aliphatic carbocycles. The van der Waals surface area contributed by atoms with Gasteiger partial charge in [0.1, 0.15) is 12.1 Å². The molecule has 0 aromatic rings. The lowest BCUT2D eigenvalue weighted by atomic mass is 9.89. The van der Waals surface area contributed by atoms with E-state index in [0.29, 0.717) is 11.6 Å². The van der Waals surface area contributed by atoms with Gasteiger partial charge in [0, 0.05) is 6.16 Å². The van der Waals surface area contributed by atoms with Crippen LogP contribution < -0.4 is 10.2 Å². The molecule has 0 spiro atoms. The summed E-state index contributed by atoms with van der Waals surface area (Å²) in [7, 11) is -3.17. The van der Waals surface area contributed by atoms with Crippen molar-refractivity contribution in [1.82, 2.24) is 10.2 Å². The van der Waals surface area contributed by atoms with E-state index < -0.39 is 31.5 Å². The summed E-state index contributed by atoms with van der Waals surface area (Å²) in [4.78, 5) is 23.9. The first-order chi connectivity index (χ1) is 12.9. The molecule has 0 amide bonds. The highest BCUT2D eigenvalue weighted by molar-refractivity contribution is 7.59. The van der Waals surface area contributed by atoms with Gasteiger partial charge in [-0.3, -0.25) is 14.2 Å². The van der Waals surface area contributed by atoms with E-state index in [1.165, 1.54) is 0 Å². The first kappa shape index (κ1) is 27.1. The van der Waals surface area contributed by atoms with Crippen molar-refractivity contribution >= 4 is 19.4 Å². The van der Waals surface area contributed by atoms with E-state index in [4.69, 9.17) is 9.47 Å². The summed E-state index contributed by atoms with van der Waals surface area (Å²) in [6.45, 7) is 13.9. The van der Waals surface area contributed by atoms with Gasteiger partial charge in [-0.1, -0.05) is 40.0 Å². The summed E-state index contributed by atoms with van der Waals surface area (Å²) in [5.41, 5.74) is 0.322. The Balaban J connectivity index is 4.81. The Labute approximate surface area is 171 Å². The van der Waals surface area contributed by atoms with Gasteiger partial charge in [0.2, 0.25) is 7.44 Å². The van der Waals surface area contributed by atoms with Crippen molar-refractivity contribution in [2.24, 2.45) is 5.41 Å². The first-order valence-electron chi connectivity index (χ1n) is 10.4. The molecule has 0 aliphatic heterocycles. The van der Waals surface area contributed by atoms with E-state index >= 15 is 0 Å². The van der Waals surface area contributed by atoms with Gasteiger partial charge >= 0.3 is 11.9 Å². The van der Waals surface area contributed by atoms with Gasteiger partial charge < -0.3 is 9.47 Å². The van der Waals surface area contributed by atoms with Gasteiger partial charge in [0.15, 0.2) is 0 Å². The van der Waals surface area contributed by atoms with Crippen LogP contribution in [0.3, 0.4) is 0 Å². The van der Waals surface area contributed by atoms with Crippen LogP contribution in [0.15, 0.2) is 0 Å². The van der Waals surface area contributed by atoms with Crippen molar-refractivity contribution in [1.29, 1.82) is 0 Å². The predicted octanol–water partition coefficient (Wildman–Crippen LogP) is 4.26. The largest absolute Gasteiger partial charge is 0.465 e. The smallest absolute Gasteiger partial charge is 0.323 e. The zero-order chi connectivity index (χ0) is 21.8. The van der Waals surface area contributed by atoms with Crippen LogP contribution in [0, 0.1) is 5.41 Å². The normalized spacial score (nSPS) is 14.4. The number of ether oxygens (including phenoxy) is 2. The Kier molecular flexibility index (Phi) is 12.9. The quantitative estimate of drug-likeness (QED) is 0.246. The molecule has 0 heterocycles. The molecule has 8 heteroatoms. The Hall–Kier alpha value is -0.910. The maximum atomic E-state index is 13.4. The number of nitrogens with one attached hydrogen (secondary N) is 2. The number of esters is 2. The number of carbonyl (C=O) groups is 2. The third kappa shape index (κ3) is 12.5. The van der Waals surface area contributed by atoms with Crippen LogP contribution >= 0.6 is 7.44 Å². The fourth-order valence-electron chi connectivity index (χ4n) is 2.78. The second-order valence-electron chi connectivity index (χ2n) is 8.39. The SMILES string of the molecule is CCOC(=O)[C@H](C)NP(=O)(CCCCCCC(C)(C)C)N[C@@H](C)C(=O)OCC. The van der Waals surface area contributed by atoms with E-state index in [-0.39, 0.29) is 13.2 Å². The van der Waals surface area contributed by atoms with Crippen LogP contribution in [0.5, 0.6) is 0 Å². The average Bonchev–Trinajstić information content (AvgIpc) is 2.57. The van der Waals surface area contributed by atoms with Crippen molar-refractivity contribution in [3.8, 4) is 0 Å². The zero-order valence-corrected chi connectivity index (χ0v) is 19.7. The van der Waals surface area contributed by atoms with Crippen molar-refractivity contribution in [3.63, 3.8) is 0 Å². The number of rotatable bonds is 14. The van der Waals surface area contributed by atoms with Crippen LogP contribution in [0.25, 0.3) is 0 Å². The van der Waals surface area contributed by atoms with Crippen LogP contribution in [0.2, 0.25) is 0 Å². The van der Waals surface area contributed by atoms with E-state index in [1.54, 1.807) is 27.7 Å². The zero-order valence-electron chi connectivity index (χ0n) is 18.8. The molecular weight excluding hydrogens is 379 g/mol. The Morgan fingerprint density at radius 3 is 1.68 bits per heavy atom. The first-order valence-corrected chi connectivity index (χ1v) is 12.3. The number of carbonyl (C=O) groups excluding carboxylic acids is 2. The molecule has 2 N–H and O–H groups in total. The molecule has 0 aliphatic rings. The molecule has 0 rings (SSSR count). The van der Waals surface area contributed by atoms with Crippen molar-refractivity contribution in [3.05, 3.63) is 0 Å². The highest BCUT2D eigenvalue weighted by atomic mass is 31.2. The molecule has 0 saturated heterocycles. The topological polar surface area (TPSA) is 93.7 Å². The van der Waals surface area contributed by atoms with Crippen LogP contribution in [-0.4, -0.2) is 43.4 Å². The van der Waals surface area contributed by atoms with Gasteiger partial charge in [-0.05, 0) is 46.0 Å². The van der Waals surface area contributed by atoms with Gasteiger partial charge in [0.25, 0.3) is 0 Å². The lowest BCUT2D eigenvalue weighted by Crippen LogP contribution is -2.42. The molecule has 0 saturated carbocycles. The summed E-state index contributed by atoms with van der Waals surface area (Å²) in [5.74, 6) is -0.919. The third-order valence-electron chi connectivity index (χ3n) is 4.23.